The SMILES string of the molecule is COc1ccc(CC(=O)N[C@@H]2CC(=O)N(c3ccc(Cl)cc3)C2)cc1OC. The summed E-state index contributed by atoms with van der Waals surface area (Å²) in [5.41, 5.74) is 1.59. The highest BCUT2D eigenvalue weighted by Gasteiger charge is 2.31. The number of anilines is 1. The largest absolute Gasteiger partial charge is 0.493 e. The van der Waals surface area contributed by atoms with E-state index in [-0.39, 0.29) is 30.7 Å². The van der Waals surface area contributed by atoms with Crippen molar-refractivity contribution in [2.45, 2.75) is 18.9 Å². The minimum atomic E-state index is -0.221. The van der Waals surface area contributed by atoms with Crippen LogP contribution < -0.4 is 19.7 Å². The number of carbonyl (C=O) groups is 2. The van der Waals surface area contributed by atoms with Gasteiger partial charge in [0.05, 0.1) is 26.7 Å². The van der Waals surface area contributed by atoms with Crippen LogP contribution in [0.1, 0.15) is 12.0 Å². The summed E-state index contributed by atoms with van der Waals surface area (Å²) in [6.45, 7) is 0.443. The van der Waals surface area contributed by atoms with E-state index in [4.69, 9.17) is 21.1 Å². The Kier molecular flexibility index (Phi) is 5.86. The van der Waals surface area contributed by atoms with Crippen molar-refractivity contribution in [3.05, 3.63) is 53.1 Å². The van der Waals surface area contributed by atoms with Gasteiger partial charge in [0.25, 0.3) is 0 Å². The predicted octanol–water partition coefficient (Wildman–Crippen LogP) is 2.82. The summed E-state index contributed by atoms with van der Waals surface area (Å²) in [5.74, 6) is 1.03. The van der Waals surface area contributed by atoms with E-state index in [1.165, 1.54) is 0 Å². The van der Waals surface area contributed by atoms with E-state index in [0.717, 1.165) is 11.3 Å². The molecule has 0 unspecified atom stereocenters. The summed E-state index contributed by atoms with van der Waals surface area (Å²) < 4.78 is 10.5. The summed E-state index contributed by atoms with van der Waals surface area (Å²) in [7, 11) is 3.12. The molecule has 1 aliphatic heterocycles. The van der Waals surface area contributed by atoms with Gasteiger partial charge >= 0.3 is 0 Å². The lowest BCUT2D eigenvalue weighted by atomic mass is 10.1. The maximum absolute atomic E-state index is 12.4. The van der Waals surface area contributed by atoms with Gasteiger partial charge in [-0.05, 0) is 42.0 Å². The smallest absolute Gasteiger partial charge is 0.229 e. The molecule has 2 aromatic rings. The van der Waals surface area contributed by atoms with Crippen LogP contribution in [0, 0.1) is 0 Å². The molecule has 27 heavy (non-hydrogen) atoms. The van der Waals surface area contributed by atoms with Crippen LogP contribution in [0.3, 0.4) is 0 Å². The normalized spacial score (nSPS) is 16.3. The monoisotopic (exact) mass is 388 g/mol. The summed E-state index contributed by atoms with van der Waals surface area (Å²) in [6, 6.07) is 12.2. The van der Waals surface area contributed by atoms with Crippen molar-refractivity contribution >= 4 is 29.1 Å². The highest BCUT2D eigenvalue weighted by atomic mass is 35.5. The van der Waals surface area contributed by atoms with Crippen molar-refractivity contribution in [3.63, 3.8) is 0 Å². The third kappa shape index (κ3) is 4.52. The Morgan fingerprint density at radius 2 is 1.85 bits per heavy atom. The summed E-state index contributed by atoms with van der Waals surface area (Å²) in [5, 5.41) is 3.55. The summed E-state index contributed by atoms with van der Waals surface area (Å²) in [4.78, 5) is 26.3. The molecular weight excluding hydrogens is 368 g/mol. The minimum Gasteiger partial charge on any atom is -0.493 e. The summed E-state index contributed by atoms with van der Waals surface area (Å²) in [6.07, 6.45) is 0.478. The first-order chi connectivity index (χ1) is 13.0. The molecular formula is C20H21ClN2O4. The van der Waals surface area contributed by atoms with E-state index in [1.807, 2.05) is 6.07 Å². The lowest BCUT2D eigenvalue weighted by molar-refractivity contribution is -0.121. The van der Waals surface area contributed by atoms with Crippen LogP contribution in [0.5, 0.6) is 11.5 Å². The third-order valence-corrected chi connectivity index (χ3v) is 4.69. The Morgan fingerprint density at radius 3 is 2.52 bits per heavy atom. The summed E-state index contributed by atoms with van der Waals surface area (Å²) >= 11 is 5.89. The van der Waals surface area contributed by atoms with E-state index in [1.54, 1.807) is 55.5 Å². The molecule has 0 aliphatic carbocycles. The van der Waals surface area contributed by atoms with Crippen molar-refractivity contribution in [2.75, 3.05) is 25.7 Å². The van der Waals surface area contributed by atoms with Gasteiger partial charge in [0, 0.05) is 23.7 Å². The number of methoxy groups -OCH3 is 2. The maximum Gasteiger partial charge on any atom is 0.229 e. The van der Waals surface area contributed by atoms with Crippen molar-refractivity contribution < 1.29 is 19.1 Å². The molecule has 1 fully saturated rings. The molecule has 2 amide bonds. The van der Waals surface area contributed by atoms with Crippen molar-refractivity contribution in [1.82, 2.24) is 5.32 Å². The van der Waals surface area contributed by atoms with Gasteiger partial charge in [-0.1, -0.05) is 17.7 Å². The van der Waals surface area contributed by atoms with E-state index in [9.17, 15) is 9.59 Å². The van der Waals surface area contributed by atoms with Crippen LogP contribution in [0.25, 0.3) is 0 Å². The van der Waals surface area contributed by atoms with E-state index in [2.05, 4.69) is 5.32 Å². The number of halogens is 1. The van der Waals surface area contributed by atoms with E-state index < -0.39 is 0 Å². The Bertz CT molecular complexity index is 838. The fourth-order valence-corrected chi connectivity index (χ4v) is 3.26. The number of benzene rings is 2. The molecule has 1 saturated heterocycles. The van der Waals surface area contributed by atoms with E-state index >= 15 is 0 Å². The second-order valence-corrected chi connectivity index (χ2v) is 6.75. The number of nitrogens with zero attached hydrogens (tertiary/aromatic N) is 1. The lowest BCUT2D eigenvalue weighted by Gasteiger charge is -2.17. The lowest BCUT2D eigenvalue weighted by Crippen LogP contribution is -2.38. The third-order valence-electron chi connectivity index (χ3n) is 4.44. The molecule has 1 atom stereocenters. The molecule has 1 aliphatic rings. The van der Waals surface area contributed by atoms with Gasteiger partial charge in [0.15, 0.2) is 11.5 Å². The van der Waals surface area contributed by atoms with Gasteiger partial charge in [-0.2, -0.15) is 0 Å². The molecule has 7 heteroatoms. The molecule has 1 heterocycles. The fraction of sp³-hybridized carbons (Fsp3) is 0.300. The zero-order valence-electron chi connectivity index (χ0n) is 15.2. The van der Waals surface area contributed by atoms with Crippen LogP contribution in [-0.2, 0) is 16.0 Å². The molecule has 142 valence electrons. The predicted molar refractivity (Wildman–Crippen MR) is 104 cm³/mol. The first kappa shape index (κ1) is 19.0. The van der Waals surface area contributed by atoms with Crippen LogP contribution >= 0.6 is 11.6 Å². The van der Waals surface area contributed by atoms with Gasteiger partial charge in [-0.3, -0.25) is 9.59 Å². The van der Waals surface area contributed by atoms with Crippen molar-refractivity contribution in [2.24, 2.45) is 0 Å². The number of nitrogens with one attached hydrogen (secondary N) is 1. The highest BCUT2D eigenvalue weighted by molar-refractivity contribution is 6.30. The molecule has 0 aromatic heterocycles. The van der Waals surface area contributed by atoms with Crippen LogP contribution in [0.4, 0.5) is 5.69 Å². The molecule has 0 bridgehead atoms. The van der Waals surface area contributed by atoms with Crippen LogP contribution in [0.15, 0.2) is 42.5 Å². The average molecular weight is 389 g/mol. The van der Waals surface area contributed by atoms with Crippen molar-refractivity contribution in [1.29, 1.82) is 0 Å². The number of hydrogen-bond acceptors (Lipinski definition) is 4. The molecule has 0 radical (unpaired) electrons. The first-order valence-corrected chi connectivity index (χ1v) is 8.94. The Labute approximate surface area is 163 Å². The Morgan fingerprint density at radius 1 is 1.15 bits per heavy atom. The maximum atomic E-state index is 12.4. The molecule has 0 spiro atoms. The van der Waals surface area contributed by atoms with Crippen LogP contribution in [-0.4, -0.2) is 38.6 Å². The van der Waals surface area contributed by atoms with Crippen molar-refractivity contribution in [3.8, 4) is 11.5 Å². The fourth-order valence-electron chi connectivity index (χ4n) is 3.13. The Hall–Kier alpha value is -2.73. The number of ether oxygens (including phenoxy) is 2. The molecule has 1 N–H and O–H groups in total. The average Bonchev–Trinajstić information content (AvgIpc) is 3.02. The number of hydrogen-bond donors (Lipinski definition) is 1. The topological polar surface area (TPSA) is 67.9 Å². The van der Waals surface area contributed by atoms with Gasteiger partial charge < -0.3 is 19.7 Å². The molecule has 6 nitrogen and oxygen atoms in total. The van der Waals surface area contributed by atoms with Crippen LogP contribution in [0.2, 0.25) is 5.02 Å². The Balaban J connectivity index is 1.60. The first-order valence-electron chi connectivity index (χ1n) is 8.56. The van der Waals surface area contributed by atoms with E-state index in [0.29, 0.717) is 23.1 Å². The second kappa shape index (κ2) is 8.31. The van der Waals surface area contributed by atoms with Gasteiger partial charge in [-0.15, -0.1) is 0 Å². The minimum absolute atomic E-state index is 0.0197. The van der Waals surface area contributed by atoms with Gasteiger partial charge in [0.1, 0.15) is 0 Å². The second-order valence-electron chi connectivity index (χ2n) is 6.32. The number of amides is 2. The molecule has 2 aromatic carbocycles. The standard InChI is InChI=1S/C20H21ClN2O4/c1-26-17-8-3-13(9-18(17)27-2)10-19(24)22-15-11-20(25)23(12-15)16-6-4-14(21)5-7-16/h3-9,15H,10-12H2,1-2H3,(H,22,24)/t15-/m1/s1. The molecule has 0 saturated carbocycles. The zero-order chi connectivity index (χ0) is 19.4. The number of rotatable bonds is 6. The highest BCUT2D eigenvalue weighted by Crippen LogP contribution is 2.28. The van der Waals surface area contributed by atoms with Gasteiger partial charge in [0.2, 0.25) is 11.8 Å². The van der Waals surface area contributed by atoms with Gasteiger partial charge in [-0.25, -0.2) is 0 Å². The number of carbonyl (C=O) groups excluding carboxylic acids is 2. The quantitative estimate of drug-likeness (QED) is 0.826. The molecule has 3 rings (SSSR count). The zero-order valence-corrected chi connectivity index (χ0v) is 16.0.